The summed E-state index contributed by atoms with van der Waals surface area (Å²) in [6.07, 6.45) is 9.77. The molecule has 5 aromatic carbocycles. The molecule has 4 nitrogen and oxygen atoms in total. The highest BCUT2D eigenvalue weighted by Crippen LogP contribution is 2.39. The van der Waals surface area contributed by atoms with Gasteiger partial charge in [0.05, 0.1) is 22.4 Å². The zero-order chi connectivity index (χ0) is 39.6. The van der Waals surface area contributed by atoms with Gasteiger partial charge in [0.25, 0.3) is 0 Å². The Balaban J connectivity index is 1.22. The van der Waals surface area contributed by atoms with E-state index in [0.29, 0.717) is 0 Å². The number of fused-ring (bicyclic) bond motifs is 12. The molecule has 0 spiro atoms. The van der Waals surface area contributed by atoms with E-state index in [1.807, 2.05) is 0 Å². The molecule has 3 N–H and O–H groups in total. The van der Waals surface area contributed by atoms with Gasteiger partial charge in [-0.15, -0.1) is 0 Å². The minimum Gasteiger partial charge on any atom is -0.354 e. The lowest BCUT2D eigenvalue weighted by atomic mass is 10.0. The third-order valence-electron chi connectivity index (χ3n) is 12.0. The summed E-state index contributed by atoms with van der Waals surface area (Å²) < 4.78 is 0. The first-order chi connectivity index (χ1) is 28.9. The highest BCUT2D eigenvalue weighted by Gasteiger charge is 2.19. The van der Waals surface area contributed by atoms with Crippen LogP contribution in [0.5, 0.6) is 0 Å². The van der Waals surface area contributed by atoms with Gasteiger partial charge in [-0.3, -0.25) is 0 Å². The van der Waals surface area contributed by atoms with Gasteiger partial charge < -0.3 is 15.0 Å². The molecule has 1 aliphatic heterocycles. The quantitative estimate of drug-likeness (QED) is 0.161. The molecule has 0 amide bonds. The normalized spacial score (nSPS) is 12.5. The monoisotopic (exact) mass is 758 g/mol. The molecule has 0 radical (unpaired) electrons. The largest absolute Gasteiger partial charge is 0.354 e. The van der Waals surface area contributed by atoms with E-state index in [2.05, 4.69) is 206 Å². The Morgan fingerprint density at radius 3 is 1.64 bits per heavy atom. The van der Waals surface area contributed by atoms with Crippen molar-refractivity contribution in [1.82, 2.24) is 19.9 Å². The molecule has 0 saturated carbocycles. The van der Waals surface area contributed by atoms with Crippen LogP contribution < -0.4 is 0 Å². The summed E-state index contributed by atoms with van der Waals surface area (Å²) in [7, 11) is 0. The van der Waals surface area contributed by atoms with Crippen LogP contribution in [-0.4, -0.2) is 19.9 Å². The molecular weight excluding hydrogens is 717 g/mol. The van der Waals surface area contributed by atoms with E-state index in [9.17, 15) is 0 Å². The summed E-state index contributed by atoms with van der Waals surface area (Å²) >= 11 is 0. The van der Waals surface area contributed by atoms with E-state index in [4.69, 9.17) is 4.98 Å². The zero-order valence-electron chi connectivity index (χ0n) is 33.3. The second-order valence-electron chi connectivity index (χ2n) is 16.1. The predicted molar refractivity (Wildman–Crippen MR) is 249 cm³/mol. The van der Waals surface area contributed by atoms with Crippen molar-refractivity contribution in [2.45, 2.75) is 27.2 Å². The number of benzene rings is 5. The SMILES string of the molecule is Cc1ccc(-c2c3nc(c4cc(/C=C/c5ccc6c(c5)Cc5ccccc5-6)c([nH]4)c(-c4ccc(C)cc4)c4ccc([nH]4)c(-c4ccc(C)cc4)c4ccc2[nH]4)C=C3)cc1. The molecular formula is C55H42N4. The van der Waals surface area contributed by atoms with E-state index in [1.54, 1.807) is 0 Å². The number of nitrogens with one attached hydrogen (secondary N) is 3. The Morgan fingerprint density at radius 2 is 0.983 bits per heavy atom. The Hall–Kier alpha value is -7.43. The van der Waals surface area contributed by atoms with Crippen LogP contribution >= 0.6 is 0 Å². The van der Waals surface area contributed by atoms with Crippen LogP contribution in [0.2, 0.25) is 0 Å². The smallest absolute Gasteiger partial charge is 0.0873 e. The van der Waals surface area contributed by atoms with Crippen LogP contribution in [0, 0.1) is 20.8 Å². The summed E-state index contributed by atoms with van der Waals surface area (Å²) in [6.45, 7) is 6.41. The molecule has 8 bridgehead atoms. The van der Waals surface area contributed by atoms with Crippen molar-refractivity contribution in [3.63, 3.8) is 0 Å². The molecule has 282 valence electrons. The minimum atomic E-state index is 0.893. The summed E-state index contributed by atoms with van der Waals surface area (Å²) in [4.78, 5) is 17.1. The molecule has 11 rings (SSSR count). The maximum Gasteiger partial charge on any atom is 0.0873 e. The first-order valence-electron chi connectivity index (χ1n) is 20.4. The van der Waals surface area contributed by atoms with Gasteiger partial charge in [0, 0.05) is 44.3 Å². The fourth-order valence-electron chi connectivity index (χ4n) is 8.92. The van der Waals surface area contributed by atoms with Gasteiger partial charge in [0.1, 0.15) is 0 Å². The molecule has 0 saturated heterocycles. The van der Waals surface area contributed by atoms with Crippen molar-refractivity contribution in [1.29, 1.82) is 0 Å². The van der Waals surface area contributed by atoms with Gasteiger partial charge in [-0.25, -0.2) is 4.98 Å². The lowest BCUT2D eigenvalue weighted by Gasteiger charge is -2.07. The molecule has 5 heterocycles. The third-order valence-corrected chi connectivity index (χ3v) is 12.0. The highest BCUT2D eigenvalue weighted by atomic mass is 14.8. The van der Waals surface area contributed by atoms with E-state index in [0.717, 1.165) is 89.9 Å². The standard InChI is InChI=1S/C55H42N4/c1-33-8-16-37(17-9-33)52-46-25-24-45(56-46)51-32-41(22-14-36-15-23-44-42(30-36)31-40-6-4-5-7-43(40)44)55(59-51)54(39-20-12-35(3)13-21-39)50-29-28-49(58-50)53(48-27-26-47(52)57-48)38-18-10-34(2)11-19-38/h4-30,32,57-59H,31H2,1-3H3/b22-14+,51-45?,52-46?,52-47?,53-48?,53-49?,54-50?,55-54?. The van der Waals surface area contributed by atoms with Gasteiger partial charge in [-0.2, -0.15) is 0 Å². The van der Waals surface area contributed by atoms with Crippen molar-refractivity contribution in [2.24, 2.45) is 0 Å². The zero-order valence-corrected chi connectivity index (χ0v) is 33.3. The topological polar surface area (TPSA) is 60.3 Å². The van der Waals surface area contributed by atoms with Gasteiger partial charge in [-0.05, 0) is 114 Å². The number of H-pyrrole nitrogens is 3. The summed E-state index contributed by atoms with van der Waals surface area (Å²) in [5.41, 5.74) is 25.9. The van der Waals surface area contributed by atoms with Crippen LogP contribution in [0.1, 0.15) is 50.3 Å². The van der Waals surface area contributed by atoms with Crippen LogP contribution in [0.25, 0.3) is 102 Å². The fraction of sp³-hybridized carbons (Fsp3) is 0.0727. The number of hydrogen-bond acceptors (Lipinski definition) is 1. The Labute approximate surface area is 343 Å². The lowest BCUT2D eigenvalue weighted by molar-refractivity contribution is 1.26. The molecule has 1 aliphatic carbocycles. The number of rotatable bonds is 5. The van der Waals surface area contributed by atoms with Crippen LogP contribution in [0.15, 0.2) is 146 Å². The molecule has 0 atom stereocenters. The second-order valence-corrected chi connectivity index (χ2v) is 16.1. The number of hydrogen-bond donors (Lipinski definition) is 3. The minimum absolute atomic E-state index is 0.893. The maximum atomic E-state index is 5.37. The lowest BCUT2D eigenvalue weighted by Crippen LogP contribution is -1.86. The maximum absolute atomic E-state index is 5.37. The van der Waals surface area contributed by atoms with Crippen molar-refractivity contribution >= 4 is 57.4 Å². The van der Waals surface area contributed by atoms with E-state index in [1.165, 1.54) is 44.5 Å². The van der Waals surface area contributed by atoms with Crippen molar-refractivity contribution < 1.29 is 0 Å². The molecule has 59 heavy (non-hydrogen) atoms. The molecule has 4 aromatic heterocycles. The van der Waals surface area contributed by atoms with E-state index < -0.39 is 0 Å². The van der Waals surface area contributed by atoms with Gasteiger partial charge >= 0.3 is 0 Å². The Kier molecular flexibility index (Phi) is 8.19. The molecule has 0 unspecified atom stereocenters. The first-order valence-corrected chi connectivity index (χ1v) is 20.4. The number of aromatic nitrogens is 4. The number of aryl methyl sites for hydroxylation is 3. The summed E-state index contributed by atoms with van der Waals surface area (Å²) in [5, 5.41) is 0. The Morgan fingerprint density at radius 1 is 0.441 bits per heavy atom. The van der Waals surface area contributed by atoms with Crippen molar-refractivity contribution in [2.75, 3.05) is 0 Å². The fourth-order valence-corrected chi connectivity index (χ4v) is 8.92. The van der Waals surface area contributed by atoms with Gasteiger partial charge in [-0.1, -0.05) is 144 Å². The summed E-state index contributed by atoms with van der Waals surface area (Å²) in [6, 6.07) is 53.2. The first kappa shape index (κ1) is 34.8. The van der Waals surface area contributed by atoms with Crippen molar-refractivity contribution in [3.05, 3.63) is 196 Å². The average Bonchev–Trinajstić information content (AvgIpc) is 4.11. The Bertz CT molecular complexity index is 3290. The predicted octanol–water partition coefficient (Wildman–Crippen LogP) is 14.4. The number of aromatic amines is 3. The van der Waals surface area contributed by atoms with E-state index >= 15 is 0 Å². The van der Waals surface area contributed by atoms with Crippen LogP contribution in [0.4, 0.5) is 0 Å². The van der Waals surface area contributed by atoms with Crippen LogP contribution in [-0.2, 0) is 6.42 Å². The van der Waals surface area contributed by atoms with Gasteiger partial charge in [0.15, 0.2) is 0 Å². The average molecular weight is 759 g/mol. The molecule has 4 heteroatoms. The second kappa shape index (κ2) is 13.9. The molecule has 0 fully saturated rings. The molecule has 2 aliphatic rings. The van der Waals surface area contributed by atoms with Gasteiger partial charge in [0.2, 0.25) is 0 Å². The summed E-state index contributed by atoms with van der Waals surface area (Å²) in [5.74, 6) is 0. The van der Waals surface area contributed by atoms with E-state index in [-0.39, 0.29) is 0 Å². The highest BCUT2D eigenvalue weighted by molar-refractivity contribution is 6.03. The third kappa shape index (κ3) is 6.21. The van der Waals surface area contributed by atoms with Crippen molar-refractivity contribution in [3.8, 4) is 44.5 Å². The molecule has 9 aromatic rings. The van der Waals surface area contributed by atoms with Crippen LogP contribution in [0.3, 0.4) is 0 Å². The number of nitrogens with zero attached hydrogens (tertiary/aromatic N) is 1.